The first-order valence-corrected chi connectivity index (χ1v) is 6.60. The summed E-state index contributed by atoms with van der Waals surface area (Å²) in [5.74, 6) is -0.763. The van der Waals surface area contributed by atoms with E-state index < -0.39 is 5.82 Å². The molecule has 5 heteroatoms. The minimum atomic E-state index is -0.488. The largest absolute Gasteiger partial charge is 0.380 e. The van der Waals surface area contributed by atoms with Crippen molar-refractivity contribution in [1.82, 2.24) is 4.90 Å². The van der Waals surface area contributed by atoms with Crippen molar-refractivity contribution in [2.24, 2.45) is 0 Å². The lowest BCUT2D eigenvalue weighted by molar-refractivity contribution is 0.0719. The second kappa shape index (κ2) is 5.36. The fourth-order valence-corrected chi connectivity index (χ4v) is 2.61. The van der Waals surface area contributed by atoms with E-state index in [0.717, 1.165) is 12.0 Å². The molecule has 98 valence electrons. The summed E-state index contributed by atoms with van der Waals surface area (Å²) in [6.07, 6.45) is 0.855. The van der Waals surface area contributed by atoms with Gasteiger partial charge < -0.3 is 9.64 Å². The smallest absolute Gasteiger partial charge is 0.258 e. The predicted molar refractivity (Wildman–Crippen MR) is 70.2 cm³/mol. The number of hydrogen-bond donors (Lipinski definition) is 0. The molecule has 0 spiro atoms. The van der Waals surface area contributed by atoms with Gasteiger partial charge in [0.25, 0.3) is 5.91 Å². The number of amides is 1. The second-order valence-corrected chi connectivity index (χ2v) is 5.24. The third-order valence-corrected chi connectivity index (χ3v) is 4.29. The molecule has 1 aliphatic heterocycles. The summed E-state index contributed by atoms with van der Waals surface area (Å²) in [5.41, 5.74) is 0.967. The zero-order chi connectivity index (χ0) is 13.3. The van der Waals surface area contributed by atoms with Gasteiger partial charge in [-0.3, -0.25) is 4.79 Å². The van der Waals surface area contributed by atoms with Crippen molar-refractivity contribution in [2.45, 2.75) is 19.4 Å². The molecule has 1 fully saturated rings. The van der Waals surface area contributed by atoms with Gasteiger partial charge in [0.1, 0.15) is 5.82 Å². The van der Waals surface area contributed by atoms with Gasteiger partial charge in [-0.1, -0.05) is 6.07 Å². The van der Waals surface area contributed by atoms with E-state index in [9.17, 15) is 9.18 Å². The molecule has 0 bridgehead atoms. The molecule has 1 heterocycles. The molecule has 3 nitrogen and oxygen atoms in total. The van der Waals surface area contributed by atoms with Crippen LogP contribution in [0.2, 0.25) is 0 Å². The van der Waals surface area contributed by atoms with Crippen molar-refractivity contribution in [1.29, 1.82) is 0 Å². The molecule has 0 N–H and O–H groups in total. The van der Waals surface area contributed by atoms with Crippen molar-refractivity contribution in [3.63, 3.8) is 0 Å². The number of carbonyl (C=O) groups is 1. The third-order valence-electron chi connectivity index (χ3n) is 3.26. The van der Waals surface area contributed by atoms with Crippen LogP contribution in [-0.2, 0) is 4.74 Å². The van der Waals surface area contributed by atoms with Crippen LogP contribution < -0.4 is 0 Å². The minimum absolute atomic E-state index is 0.0561. The van der Waals surface area contributed by atoms with E-state index in [1.54, 1.807) is 18.1 Å². The number of benzene rings is 1. The maximum atomic E-state index is 13.8. The summed E-state index contributed by atoms with van der Waals surface area (Å²) in [6.45, 7) is 2.97. The highest BCUT2D eigenvalue weighted by molar-refractivity contribution is 9.10. The standard InChI is InChI=1S/C13H15BrFNO2/c1-8-3-4-10(15)11(12(8)14)13(17)16-6-5-9(7-16)18-2/h3-4,9H,5-7H2,1-2H3/t9-/m0/s1. The Hall–Kier alpha value is -0.940. The molecule has 1 atom stereocenters. The van der Waals surface area contributed by atoms with E-state index in [1.165, 1.54) is 6.07 Å². The number of likely N-dealkylation sites (tertiary alicyclic amines) is 1. The lowest BCUT2D eigenvalue weighted by Crippen LogP contribution is -2.31. The van der Waals surface area contributed by atoms with Crippen LogP contribution in [0.25, 0.3) is 0 Å². The molecule has 1 aliphatic rings. The van der Waals surface area contributed by atoms with Gasteiger partial charge in [-0.15, -0.1) is 0 Å². The highest BCUT2D eigenvalue weighted by Crippen LogP contribution is 2.26. The summed E-state index contributed by atoms with van der Waals surface area (Å²) in [4.78, 5) is 13.9. The van der Waals surface area contributed by atoms with Crippen LogP contribution in [0.3, 0.4) is 0 Å². The van der Waals surface area contributed by atoms with E-state index in [-0.39, 0.29) is 17.6 Å². The number of rotatable bonds is 2. The zero-order valence-corrected chi connectivity index (χ0v) is 12.0. The molecule has 1 saturated heterocycles. The Balaban J connectivity index is 2.27. The van der Waals surface area contributed by atoms with Crippen LogP contribution in [-0.4, -0.2) is 37.1 Å². The second-order valence-electron chi connectivity index (χ2n) is 4.45. The molecule has 2 rings (SSSR count). The summed E-state index contributed by atoms with van der Waals surface area (Å²) in [6, 6.07) is 2.98. The van der Waals surface area contributed by atoms with E-state index in [4.69, 9.17) is 4.74 Å². The molecule has 0 unspecified atom stereocenters. The molecule has 1 aromatic carbocycles. The quantitative estimate of drug-likeness (QED) is 0.840. The Kier molecular flexibility index (Phi) is 4.02. The fourth-order valence-electron chi connectivity index (χ4n) is 2.12. The van der Waals surface area contributed by atoms with Gasteiger partial charge in [0.15, 0.2) is 0 Å². The van der Waals surface area contributed by atoms with Gasteiger partial charge in [0.2, 0.25) is 0 Å². The van der Waals surface area contributed by atoms with Crippen molar-refractivity contribution in [2.75, 3.05) is 20.2 Å². The van der Waals surface area contributed by atoms with Crippen LogP contribution in [0.15, 0.2) is 16.6 Å². The van der Waals surface area contributed by atoms with Gasteiger partial charge in [-0.2, -0.15) is 0 Å². The third kappa shape index (κ3) is 2.42. The number of hydrogen-bond acceptors (Lipinski definition) is 2. The van der Waals surface area contributed by atoms with Crippen molar-refractivity contribution in [3.05, 3.63) is 33.5 Å². The van der Waals surface area contributed by atoms with Gasteiger partial charge in [0.05, 0.1) is 11.7 Å². The summed E-state index contributed by atoms with van der Waals surface area (Å²) in [5, 5.41) is 0. The van der Waals surface area contributed by atoms with Crippen molar-refractivity contribution >= 4 is 21.8 Å². The number of nitrogens with zero attached hydrogens (tertiary/aromatic N) is 1. The normalized spacial score (nSPS) is 19.3. The number of methoxy groups -OCH3 is 1. The highest BCUT2D eigenvalue weighted by Gasteiger charge is 2.29. The Labute approximate surface area is 114 Å². The first-order valence-electron chi connectivity index (χ1n) is 5.81. The molecular weight excluding hydrogens is 301 g/mol. The molecule has 0 saturated carbocycles. The molecule has 18 heavy (non-hydrogen) atoms. The molecule has 0 aromatic heterocycles. The minimum Gasteiger partial charge on any atom is -0.380 e. The average Bonchev–Trinajstić information content (AvgIpc) is 2.83. The molecule has 0 aliphatic carbocycles. The maximum Gasteiger partial charge on any atom is 0.258 e. The SMILES string of the molecule is CO[C@H]1CCN(C(=O)c2c(F)ccc(C)c2Br)C1. The van der Waals surface area contributed by atoms with Crippen LogP contribution in [0, 0.1) is 12.7 Å². The Bertz CT molecular complexity index is 478. The van der Waals surface area contributed by atoms with E-state index in [2.05, 4.69) is 15.9 Å². The van der Waals surface area contributed by atoms with Gasteiger partial charge in [-0.25, -0.2) is 4.39 Å². The molecular formula is C13H15BrFNO2. The van der Waals surface area contributed by atoms with Gasteiger partial charge in [-0.05, 0) is 40.9 Å². The molecule has 1 aromatic rings. The Morgan fingerprint density at radius 3 is 2.89 bits per heavy atom. The van der Waals surface area contributed by atoms with E-state index in [0.29, 0.717) is 17.6 Å². The Morgan fingerprint density at radius 1 is 1.56 bits per heavy atom. The highest BCUT2D eigenvalue weighted by atomic mass is 79.9. The van der Waals surface area contributed by atoms with E-state index >= 15 is 0 Å². The Morgan fingerprint density at radius 2 is 2.28 bits per heavy atom. The van der Waals surface area contributed by atoms with Crippen LogP contribution in [0.5, 0.6) is 0 Å². The van der Waals surface area contributed by atoms with Crippen LogP contribution in [0.4, 0.5) is 4.39 Å². The van der Waals surface area contributed by atoms with E-state index in [1.807, 2.05) is 6.92 Å². The van der Waals surface area contributed by atoms with Gasteiger partial charge in [0, 0.05) is 24.7 Å². The average molecular weight is 316 g/mol. The van der Waals surface area contributed by atoms with Crippen LogP contribution >= 0.6 is 15.9 Å². The molecule has 1 amide bonds. The number of ether oxygens (including phenoxy) is 1. The number of carbonyl (C=O) groups excluding carboxylic acids is 1. The fraction of sp³-hybridized carbons (Fsp3) is 0.462. The van der Waals surface area contributed by atoms with Gasteiger partial charge >= 0.3 is 0 Å². The monoisotopic (exact) mass is 315 g/mol. The first-order chi connectivity index (χ1) is 8.54. The lowest BCUT2D eigenvalue weighted by atomic mass is 10.1. The summed E-state index contributed by atoms with van der Waals surface area (Å²) >= 11 is 3.29. The number of halogens is 2. The predicted octanol–water partition coefficient (Wildman–Crippen LogP) is 2.76. The van der Waals surface area contributed by atoms with Crippen molar-refractivity contribution in [3.8, 4) is 0 Å². The maximum absolute atomic E-state index is 13.8. The molecule has 0 radical (unpaired) electrons. The zero-order valence-electron chi connectivity index (χ0n) is 10.4. The summed E-state index contributed by atoms with van der Waals surface area (Å²) < 4.78 is 19.6. The lowest BCUT2D eigenvalue weighted by Gasteiger charge is -2.18. The number of aryl methyl sites for hydroxylation is 1. The topological polar surface area (TPSA) is 29.5 Å². The van der Waals surface area contributed by atoms with Crippen LogP contribution in [0.1, 0.15) is 22.3 Å². The summed E-state index contributed by atoms with van der Waals surface area (Å²) in [7, 11) is 1.63. The first kappa shape index (κ1) is 13.5. The van der Waals surface area contributed by atoms with Crippen molar-refractivity contribution < 1.29 is 13.9 Å².